The number of nitrogens with one attached hydrogen (secondary N) is 1. The Bertz CT molecular complexity index is 1230. The summed E-state index contributed by atoms with van der Waals surface area (Å²) in [6.07, 6.45) is 0. The SMILES string of the molecule is COc1ccccc1-n1c(SCC(=O)c2ccc(CNC(C)=O)s2)nnc1-c1cccs1. The van der Waals surface area contributed by atoms with Crippen molar-refractivity contribution in [2.24, 2.45) is 0 Å². The average Bonchev–Trinajstić information content (AvgIpc) is 3.56. The second-order valence-electron chi connectivity index (χ2n) is 6.68. The van der Waals surface area contributed by atoms with E-state index in [1.54, 1.807) is 24.5 Å². The van der Waals surface area contributed by atoms with Crippen molar-refractivity contribution in [3.63, 3.8) is 0 Å². The Morgan fingerprint density at radius 3 is 2.72 bits per heavy atom. The van der Waals surface area contributed by atoms with Crippen molar-refractivity contribution in [1.29, 1.82) is 0 Å². The Hall–Kier alpha value is -2.95. The zero-order valence-electron chi connectivity index (χ0n) is 17.4. The van der Waals surface area contributed by atoms with Crippen LogP contribution in [0, 0.1) is 0 Å². The number of para-hydroxylation sites is 2. The number of aromatic nitrogens is 3. The lowest BCUT2D eigenvalue weighted by Crippen LogP contribution is -2.18. The number of carbonyl (C=O) groups excluding carboxylic acids is 2. The van der Waals surface area contributed by atoms with E-state index in [-0.39, 0.29) is 17.4 Å². The first-order valence-electron chi connectivity index (χ1n) is 9.68. The number of ether oxygens (including phenoxy) is 1. The summed E-state index contributed by atoms with van der Waals surface area (Å²) in [6.45, 7) is 1.89. The highest BCUT2D eigenvalue weighted by atomic mass is 32.2. The summed E-state index contributed by atoms with van der Waals surface area (Å²) in [4.78, 5) is 26.5. The van der Waals surface area contributed by atoms with Gasteiger partial charge in [0.25, 0.3) is 0 Å². The van der Waals surface area contributed by atoms with Crippen molar-refractivity contribution in [2.75, 3.05) is 12.9 Å². The molecule has 32 heavy (non-hydrogen) atoms. The topological polar surface area (TPSA) is 86.1 Å². The van der Waals surface area contributed by atoms with Crippen LogP contribution in [0.3, 0.4) is 0 Å². The number of hydrogen-bond donors (Lipinski definition) is 1. The van der Waals surface area contributed by atoms with Crippen LogP contribution >= 0.6 is 34.4 Å². The van der Waals surface area contributed by atoms with Gasteiger partial charge in [0.05, 0.1) is 34.8 Å². The molecule has 0 aliphatic heterocycles. The average molecular weight is 485 g/mol. The van der Waals surface area contributed by atoms with Crippen molar-refractivity contribution in [3.8, 4) is 22.1 Å². The zero-order valence-corrected chi connectivity index (χ0v) is 19.9. The van der Waals surface area contributed by atoms with E-state index in [2.05, 4.69) is 15.5 Å². The lowest BCUT2D eigenvalue weighted by molar-refractivity contribution is -0.119. The fraction of sp³-hybridized carbons (Fsp3) is 0.182. The van der Waals surface area contributed by atoms with E-state index in [1.807, 2.05) is 52.4 Å². The summed E-state index contributed by atoms with van der Waals surface area (Å²) >= 11 is 4.30. The van der Waals surface area contributed by atoms with E-state index in [4.69, 9.17) is 4.74 Å². The lowest BCUT2D eigenvalue weighted by atomic mass is 10.3. The van der Waals surface area contributed by atoms with Crippen LogP contribution in [-0.4, -0.2) is 39.3 Å². The van der Waals surface area contributed by atoms with Crippen LogP contribution in [0.15, 0.2) is 59.1 Å². The van der Waals surface area contributed by atoms with Gasteiger partial charge in [-0.3, -0.25) is 14.2 Å². The largest absolute Gasteiger partial charge is 0.495 e. The number of carbonyl (C=O) groups is 2. The first-order valence-corrected chi connectivity index (χ1v) is 12.4. The maximum absolute atomic E-state index is 12.8. The molecule has 10 heteroatoms. The van der Waals surface area contributed by atoms with Gasteiger partial charge in [0, 0.05) is 11.8 Å². The van der Waals surface area contributed by atoms with Crippen LogP contribution in [0.25, 0.3) is 16.4 Å². The molecular weight excluding hydrogens is 464 g/mol. The molecule has 4 rings (SSSR count). The second-order valence-corrected chi connectivity index (χ2v) is 9.74. The number of amides is 1. The van der Waals surface area contributed by atoms with Crippen LogP contribution in [-0.2, 0) is 11.3 Å². The van der Waals surface area contributed by atoms with Gasteiger partial charge >= 0.3 is 0 Å². The van der Waals surface area contributed by atoms with Crippen molar-refractivity contribution in [3.05, 3.63) is 63.7 Å². The minimum Gasteiger partial charge on any atom is -0.495 e. The molecule has 164 valence electrons. The molecule has 7 nitrogen and oxygen atoms in total. The molecule has 1 aromatic carbocycles. The predicted molar refractivity (Wildman–Crippen MR) is 128 cm³/mol. The molecule has 4 aromatic rings. The quantitative estimate of drug-likeness (QED) is 0.274. The highest BCUT2D eigenvalue weighted by Crippen LogP contribution is 2.34. The maximum atomic E-state index is 12.8. The number of hydrogen-bond acceptors (Lipinski definition) is 8. The standard InChI is InChI=1S/C22H20N4O3S3/c1-14(27)23-12-15-9-10-19(32-15)17(28)13-31-22-25-24-21(20-8-5-11-30-20)26(22)16-6-3-4-7-18(16)29-2/h3-11H,12-13H2,1-2H3,(H,23,27). The van der Waals surface area contributed by atoms with E-state index in [0.717, 1.165) is 15.4 Å². The molecular formula is C22H20N4O3S3. The number of Topliss-reactive ketones (excluding diaryl/α,β-unsaturated/α-hetero) is 1. The molecule has 3 heterocycles. The van der Waals surface area contributed by atoms with Crippen molar-refractivity contribution < 1.29 is 14.3 Å². The third-order valence-electron chi connectivity index (χ3n) is 4.48. The molecule has 0 atom stereocenters. The van der Waals surface area contributed by atoms with E-state index < -0.39 is 0 Å². The third-order valence-corrected chi connectivity index (χ3v) is 7.40. The van der Waals surface area contributed by atoms with Gasteiger partial charge in [0.15, 0.2) is 16.8 Å². The van der Waals surface area contributed by atoms with Crippen molar-refractivity contribution in [1.82, 2.24) is 20.1 Å². The number of rotatable bonds is 9. The van der Waals surface area contributed by atoms with Gasteiger partial charge in [0.1, 0.15) is 5.75 Å². The van der Waals surface area contributed by atoms with Gasteiger partial charge in [-0.2, -0.15) is 0 Å². The number of ketones is 1. The molecule has 0 bridgehead atoms. The molecule has 0 saturated heterocycles. The minimum atomic E-state index is -0.0981. The first-order chi connectivity index (χ1) is 15.6. The molecule has 0 aliphatic rings. The second kappa shape index (κ2) is 10.1. The lowest BCUT2D eigenvalue weighted by Gasteiger charge is -2.13. The van der Waals surface area contributed by atoms with Crippen LogP contribution in [0.2, 0.25) is 0 Å². The van der Waals surface area contributed by atoms with E-state index >= 15 is 0 Å². The van der Waals surface area contributed by atoms with Crippen molar-refractivity contribution in [2.45, 2.75) is 18.6 Å². The normalized spacial score (nSPS) is 10.8. The van der Waals surface area contributed by atoms with Crippen LogP contribution in [0.5, 0.6) is 5.75 Å². The predicted octanol–water partition coefficient (Wildman–Crippen LogP) is 4.68. The Kier molecular flexibility index (Phi) is 7.03. The van der Waals surface area contributed by atoms with Crippen LogP contribution in [0.1, 0.15) is 21.5 Å². The summed E-state index contributed by atoms with van der Waals surface area (Å²) < 4.78 is 7.49. The van der Waals surface area contributed by atoms with Gasteiger partial charge in [-0.25, -0.2) is 0 Å². The molecule has 0 spiro atoms. The number of methoxy groups -OCH3 is 1. The summed E-state index contributed by atoms with van der Waals surface area (Å²) in [5, 5.41) is 14.1. The van der Waals surface area contributed by atoms with Gasteiger partial charge in [-0.1, -0.05) is 30.0 Å². The Balaban J connectivity index is 1.58. The maximum Gasteiger partial charge on any atom is 0.217 e. The Labute approximate surface area is 197 Å². The van der Waals surface area contributed by atoms with Gasteiger partial charge in [0.2, 0.25) is 5.91 Å². The number of benzene rings is 1. The molecule has 0 aliphatic carbocycles. The fourth-order valence-corrected chi connectivity index (χ4v) is 5.50. The number of nitrogens with zero attached hydrogens (tertiary/aromatic N) is 3. The van der Waals surface area contributed by atoms with Gasteiger partial charge < -0.3 is 10.1 Å². The highest BCUT2D eigenvalue weighted by Gasteiger charge is 2.21. The van der Waals surface area contributed by atoms with E-state index in [0.29, 0.717) is 28.2 Å². The van der Waals surface area contributed by atoms with Crippen molar-refractivity contribution >= 4 is 46.1 Å². The summed E-state index contributed by atoms with van der Waals surface area (Å²) in [6, 6.07) is 15.3. The molecule has 0 saturated carbocycles. The summed E-state index contributed by atoms with van der Waals surface area (Å²) in [7, 11) is 1.62. The molecule has 0 radical (unpaired) electrons. The Morgan fingerprint density at radius 1 is 1.12 bits per heavy atom. The summed E-state index contributed by atoms with van der Waals surface area (Å²) in [5.41, 5.74) is 0.812. The van der Waals surface area contributed by atoms with E-state index in [9.17, 15) is 9.59 Å². The Morgan fingerprint density at radius 2 is 1.97 bits per heavy atom. The highest BCUT2D eigenvalue weighted by molar-refractivity contribution is 7.99. The third kappa shape index (κ3) is 4.93. The van der Waals surface area contributed by atoms with Crippen LogP contribution in [0.4, 0.5) is 0 Å². The molecule has 1 amide bonds. The number of thiophene rings is 2. The fourth-order valence-electron chi connectivity index (χ4n) is 3.00. The summed E-state index contributed by atoms with van der Waals surface area (Å²) in [5.74, 6) is 1.52. The molecule has 0 fully saturated rings. The van der Waals surface area contributed by atoms with E-state index in [1.165, 1.54) is 30.0 Å². The monoisotopic (exact) mass is 484 g/mol. The minimum absolute atomic E-state index is 0.00123. The molecule has 1 N–H and O–H groups in total. The zero-order chi connectivity index (χ0) is 22.5. The van der Waals surface area contributed by atoms with Gasteiger partial charge in [-0.05, 0) is 35.7 Å². The van der Waals surface area contributed by atoms with Gasteiger partial charge in [-0.15, -0.1) is 32.9 Å². The molecule has 0 unspecified atom stereocenters. The smallest absolute Gasteiger partial charge is 0.217 e. The van der Waals surface area contributed by atoms with Crippen LogP contribution < -0.4 is 10.1 Å². The number of thioether (sulfide) groups is 1. The molecule has 3 aromatic heterocycles. The first kappa shape index (κ1) is 22.3.